The normalized spacial score (nSPS) is 30.8. The van der Waals surface area contributed by atoms with Crippen molar-refractivity contribution in [1.82, 2.24) is 13.9 Å². The lowest BCUT2D eigenvalue weighted by Gasteiger charge is -2.38. The summed E-state index contributed by atoms with van der Waals surface area (Å²) in [6, 6.07) is -0.480. The van der Waals surface area contributed by atoms with Crippen LogP contribution in [-0.2, 0) is 20.0 Å². The van der Waals surface area contributed by atoms with Crippen LogP contribution in [0.2, 0.25) is 0 Å². The summed E-state index contributed by atoms with van der Waals surface area (Å²) < 4.78 is 51.5. The predicted octanol–water partition coefficient (Wildman–Crippen LogP) is -0.576. The number of likely N-dealkylation sites (N-methyl/N-ethyl adjacent to an activating group) is 1. The van der Waals surface area contributed by atoms with Crippen LogP contribution < -0.4 is 5.32 Å². The SMILES string of the molecule is CNCC1CCCCN1S(=O)(=O)N(C)C1CCS(=O)(=O)C1. The van der Waals surface area contributed by atoms with E-state index in [-0.39, 0.29) is 17.5 Å². The molecule has 9 heteroatoms. The molecule has 0 spiro atoms. The van der Waals surface area contributed by atoms with Gasteiger partial charge in [0.2, 0.25) is 0 Å². The van der Waals surface area contributed by atoms with Crippen molar-refractivity contribution >= 4 is 20.0 Å². The first-order chi connectivity index (χ1) is 9.78. The molecule has 2 fully saturated rings. The molecule has 0 radical (unpaired) electrons. The van der Waals surface area contributed by atoms with Crippen molar-refractivity contribution < 1.29 is 16.8 Å². The van der Waals surface area contributed by atoms with Gasteiger partial charge in [-0.25, -0.2) is 8.42 Å². The van der Waals surface area contributed by atoms with E-state index in [9.17, 15) is 16.8 Å². The molecule has 2 aliphatic rings. The van der Waals surface area contributed by atoms with Gasteiger partial charge in [-0.05, 0) is 26.3 Å². The third kappa shape index (κ3) is 3.76. The molecule has 21 heavy (non-hydrogen) atoms. The van der Waals surface area contributed by atoms with E-state index in [1.165, 1.54) is 15.7 Å². The summed E-state index contributed by atoms with van der Waals surface area (Å²) in [4.78, 5) is 0. The molecule has 2 heterocycles. The first-order valence-electron chi connectivity index (χ1n) is 7.38. The summed E-state index contributed by atoms with van der Waals surface area (Å²) in [5.74, 6) is 0.0186. The van der Waals surface area contributed by atoms with E-state index in [0.29, 0.717) is 19.5 Å². The second-order valence-electron chi connectivity index (χ2n) is 5.90. The summed E-state index contributed by atoms with van der Waals surface area (Å²) in [7, 11) is -3.38. The number of hydrogen-bond donors (Lipinski definition) is 1. The molecule has 0 aromatic carbocycles. The Morgan fingerprint density at radius 2 is 2.00 bits per heavy atom. The Bertz CT molecular complexity index is 559. The molecular weight excluding hydrogens is 314 g/mol. The molecule has 0 aromatic heterocycles. The van der Waals surface area contributed by atoms with Gasteiger partial charge in [0.15, 0.2) is 9.84 Å². The van der Waals surface area contributed by atoms with Gasteiger partial charge in [-0.1, -0.05) is 6.42 Å². The molecule has 7 nitrogen and oxygen atoms in total. The number of rotatable bonds is 5. The van der Waals surface area contributed by atoms with Crippen molar-refractivity contribution in [2.75, 3.05) is 38.7 Å². The molecule has 2 unspecified atom stereocenters. The number of nitrogens with zero attached hydrogens (tertiary/aromatic N) is 2. The van der Waals surface area contributed by atoms with E-state index in [4.69, 9.17) is 0 Å². The largest absolute Gasteiger partial charge is 0.318 e. The zero-order valence-corrected chi connectivity index (χ0v) is 14.3. The summed E-state index contributed by atoms with van der Waals surface area (Å²) in [5, 5.41) is 3.04. The molecule has 0 saturated carbocycles. The molecule has 1 N–H and O–H groups in total. The fraction of sp³-hybridized carbons (Fsp3) is 1.00. The van der Waals surface area contributed by atoms with Gasteiger partial charge >= 0.3 is 0 Å². The molecule has 0 amide bonds. The quantitative estimate of drug-likeness (QED) is 0.724. The minimum Gasteiger partial charge on any atom is -0.318 e. The molecular formula is C12H25N3O4S2. The van der Waals surface area contributed by atoms with E-state index >= 15 is 0 Å². The average Bonchev–Trinajstić information content (AvgIpc) is 2.79. The Morgan fingerprint density at radius 1 is 1.29 bits per heavy atom. The van der Waals surface area contributed by atoms with Gasteiger partial charge in [0.25, 0.3) is 10.2 Å². The monoisotopic (exact) mass is 339 g/mol. The third-order valence-corrected chi connectivity index (χ3v) is 8.25. The average molecular weight is 339 g/mol. The Balaban J connectivity index is 2.15. The molecule has 2 aliphatic heterocycles. The van der Waals surface area contributed by atoms with Crippen LogP contribution in [0, 0.1) is 0 Å². The lowest BCUT2D eigenvalue weighted by molar-refractivity contribution is 0.226. The fourth-order valence-corrected chi connectivity index (χ4v) is 6.81. The highest BCUT2D eigenvalue weighted by Gasteiger charge is 2.41. The Morgan fingerprint density at radius 3 is 2.57 bits per heavy atom. The van der Waals surface area contributed by atoms with Gasteiger partial charge in [0.1, 0.15) is 0 Å². The Labute approximate surface area is 127 Å². The summed E-state index contributed by atoms with van der Waals surface area (Å²) in [6.07, 6.45) is 3.12. The van der Waals surface area contributed by atoms with Gasteiger partial charge in [0, 0.05) is 32.2 Å². The van der Waals surface area contributed by atoms with Crippen LogP contribution in [0.4, 0.5) is 0 Å². The van der Waals surface area contributed by atoms with E-state index in [1.807, 2.05) is 7.05 Å². The van der Waals surface area contributed by atoms with Crippen molar-refractivity contribution in [1.29, 1.82) is 0 Å². The van der Waals surface area contributed by atoms with Crippen LogP contribution in [0.1, 0.15) is 25.7 Å². The zero-order valence-electron chi connectivity index (χ0n) is 12.7. The maximum Gasteiger partial charge on any atom is 0.282 e. The van der Waals surface area contributed by atoms with E-state index in [2.05, 4.69) is 5.32 Å². The molecule has 0 bridgehead atoms. The highest BCUT2D eigenvalue weighted by atomic mass is 32.2. The topological polar surface area (TPSA) is 86.8 Å². The highest BCUT2D eigenvalue weighted by molar-refractivity contribution is 7.91. The molecule has 2 atom stereocenters. The smallest absolute Gasteiger partial charge is 0.282 e. The fourth-order valence-electron chi connectivity index (χ4n) is 3.13. The highest BCUT2D eigenvalue weighted by Crippen LogP contribution is 2.26. The molecule has 2 saturated heterocycles. The number of nitrogens with one attached hydrogen (secondary N) is 1. The maximum absolute atomic E-state index is 12.8. The second-order valence-corrected chi connectivity index (χ2v) is 10.1. The van der Waals surface area contributed by atoms with Gasteiger partial charge in [-0.2, -0.15) is 17.0 Å². The van der Waals surface area contributed by atoms with Gasteiger partial charge < -0.3 is 5.32 Å². The minimum absolute atomic E-state index is 0.0470. The van der Waals surface area contributed by atoms with Crippen LogP contribution in [0.5, 0.6) is 0 Å². The third-order valence-electron chi connectivity index (χ3n) is 4.40. The van der Waals surface area contributed by atoms with Gasteiger partial charge in [-0.3, -0.25) is 0 Å². The molecule has 2 rings (SSSR count). The van der Waals surface area contributed by atoms with Crippen LogP contribution >= 0.6 is 0 Å². The minimum atomic E-state index is -3.60. The van der Waals surface area contributed by atoms with Crippen LogP contribution in [0.3, 0.4) is 0 Å². The first kappa shape index (κ1) is 17.1. The van der Waals surface area contributed by atoms with Crippen molar-refractivity contribution in [2.45, 2.75) is 37.8 Å². The summed E-state index contributed by atoms with van der Waals surface area (Å²) >= 11 is 0. The van der Waals surface area contributed by atoms with Gasteiger partial charge in [-0.15, -0.1) is 0 Å². The van der Waals surface area contributed by atoms with E-state index < -0.39 is 26.1 Å². The number of piperidine rings is 1. The molecule has 0 aromatic rings. The lowest BCUT2D eigenvalue weighted by Crippen LogP contribution is -2.54. The van der Waals surface area contributed by atoms with Crippen molar-refractivity contribution in [3.63, 3.8) is 0 Å². The Hall–Kier alpha value is -0.220. The van der Waals surface area contributed by atoms with Crippen LogP contribution in [-0.4, -0.2) is 76.2 Å². The van der Waals surface area contributed by atoms with Gasteiger partial charge in [0.05, 0.1) is 11.5 Å². The van der Waals surface area contributed by atoms with E-state index in [0.717, 1.165) is 19.3 Å². The zero-order chi connectivity index (χ0) is 15.7. The van der Waals surface area contributed by atoms with Crippen LogP contribution in [0.15, 0.2) is 0 Å². The predicted molar refractivity (Wildman–Crippen MR) is 82.0 cm³/mol. The first-order valence-corrected chi connectivity index (χ1v) is 10.6. The standard InChI is InChI=1S/C12H25N3O4S2/c1-13-9-11-5-3-4-7-15(11)21(18,19)14(2)12-6-8-20(16,17)10-12/h11-13H,3-10H2,1-2H3. The lowest BCUT2D eigenvalue weighted by atomic mass is 10.1. The number of hydrogen-bond acceptors (Lipinski definition) is 5. The van der Waals surface area contributed by atoms with Crippen molar-refractivity contribution in [2.24, 2.45) is 0 Å². The Kier molecular flexibility index (Phi) is 5.30. The van der Waals surface area contributed by atoms with Crippen LogP contribution in [0.25, 0.3) is 0 Å². The summed E-state index contributed by atoms with van der Waals surface area (Å²) in [5.41, 5.74) is 0. The summed E-state index contributed by atoms with van der Waals surface area (Å²) in [6.45, 7) is 1.13. The molecule has 0 aliphatic carbocycles. The maximum atomic E-state index is 12.8. The van der Waals surface area contributed by atoms with Crippen molar-refractivity contribution in [3.8, 4) is 0 Å². The number of sulfone groups is 1. The van der Waals surface area contributed by atoms with E-state index in [1.54, 1.807) is 0 Å². The second kappa shape index (κ2) is 6.49. The molecule has 124 valence electrons. The van der Waals surface area contributed by atoms with Crippen molar-refractivity contribution in [3.05, 3.63) is 0 Å².